The third-order valence-electron chi connectivity index (χ3n) is 3.08. The Morgan fingerprint density at radius 3 is 2.48 bits per heavy atom. The van der Waals surface area contributed by atoms with Crippen LogP contribution < -0.4 is 0 Å². The number of aryl methyl sites for hydroxylation is 2. The van der Waals surface area contributed by atoms with Gasteiger partial charge in [0.1, 0.15) is 4.88 Å². The van der Waals surface area contributed by atoms with Crippen LogP contribution in [0.25, 0.3) is 0 Å². The van der Waals surface area contributed by atoms with Gasteiger partial charge < -0.3 is 5.11 Å². The first-order valence-corrected chi connectivity index (χ1v) is 8.99. The van der Waals surface area contributed by atoms with Crippen LogP contribution in [0.1, 0.15) is 31.2 Å². The molecule has 1 aromatic heterocycles. The molecule has 1 aromatic carbocycles. The molecule has 2 rings (SSSR count). The molecule has 0 aliphatic heterocycles. The molecular formula is C15H16O4S2. The third kappa shape index (κ3) is 4.15. The van der Waals surface area contributed by atoms with Crippen LogP contribution in [-0.2, 0) is 21.3 Å². The second kappa shape index (κ2) is 5.99. The maximum atomic E-state index is 12.3. The number of carboxylic acid groups (broad SMARTS) is 1. The van der Waals surface area contributed by atoms with Gasteiger partial charge in [-0.15, -0.1) is 11.3 Å². The van der Waals surface area contributed by atoms with Crippen molar-refractivity contribution >= 4 is 27.1 Å². The number of hydrogen-bond acceptors (Lipinski definition) is 4. The minimum atomic E-state index is -3.33. The highest BCUT2D eigenvalue weighted by Crippen LogP contribution is 2.24. The summed E-state index contributed by atoms with van der Waals surface area (Å²) in [6, 6.07) is 8.83. The minimum Gasteiger partial charge on any atom is -0.477 e. The van der Waals surface area contributed by atoms with E-state index in [-0.39, 0.29) is 16.4 Å². The van der Waals surface area contributed by atoms with Crippen LogP contribution >= 0.6 is 11.3 Å². The minimum absolute atomic E-state index is 0.0353. The Hall–Kier alpha value is -1.66. The van der Waals surface area contributed by atoms with Crippen LogP contribution in [-0.4, -0.2) is 19.5 Å². The average molecular weight is 324 g/mol. The van der Waals surface area contributed by atoms with Crippen molar-refractivity contribution in [1.29, 1.82) is 0 Å². The van der Waals surface area contributed by atoms with Crippen molar-refractivity contribution < 1.29 is 18.3 Å². The Labute approximate surface area is 128 Å². The Balaban J connectivity index is 2.20. The molecule has 0 bridgehead atoms. The largest absolute Gasteiger partial charge is 0.477 e. The Morgan fingerprint density at radius 2 is 1.90 bits per heavy atom. The van der Waals surface area contributed by atoms with Gasteiger partial charge in [0.05, 0.1) is 11.5 Å². The topological polar surface area (TPSA) is 71.4 Å². The van der Waals surface area contributed by atoms with Gasteiger partial charge in [-0.1, -0.05) is 29.8 Å². The number of sulfone groups is 1. The van der Waals surface area contributed by atoms with Crippen molar-refractivity contribution in [3.63, 3.8) is 0 Å². The van der Waals surface area contributed by atoms with E-state index < -0.39 is 15.8 Å². The standard InChI is InChI=1S/C15H16O4S2/c1-10-4-3-5-12(6-10)8-21(18,19)9-13-7-14(15(16)17)20-11(13)2/h3-7H,8-9H2,1-2H3,(H,16,17). The highest BCUT2D eigenvalue weighted by atomic mass is 32.2. The van der Waals surface area contributed by atoms with Crippen molar-refractivity contribution in [2.45, 2.75) is 25.4 Å². The summed E-state index contributed by atoms with van der Waals surface area (Å²) in [5.74, 6) is -1.19. The fourth-order valence-electron chi connectivity index (χ4n) is 2.11. The van der Waals surface area contributed by atoms with E-state index in [9.17, 15) is 13.2 Å². The molecule has 0 spiro atoms. The Bertz CT molecular complexity index is 773. The maximum Gasteiger partial charge on any atom is 0.345 e. The van der Waals surface area contributed by atoms with E-state index in [1.54, 1.807) is 13.0 Å². The Morgan fingerprint density at radius 1 is 1.19 bits per heavy atom. The fraction of sp³-hybridized carbons (Fsp3) is 0.267. The summed E-state index contributed by atoms with van der Waals surface area (Å²) in [6.07, 6.45) is 0. The number of rotatable bonds is 5. The lowest BCUT2D eigenvalue weighted by atomic mass is 10.2. The van der Waals surface area contributed by atoms with Crippen LogP contribution in [0.4, 0.5) is 0 Å². The van der Waals surface area contributed by atoms with Gasteiger partial charge in [0.25, 0.3) is 0 Å². The number of benzene rings is 1. The lowest BCUT2D eigenvalue weighted by molar-refractivity contribution is 0.0702. The molecule has 6 heteroatoms. The molecule has 0 aliphatic rings. The van der Waals surface area contributed by atoms with Crippen molar-refractivity contribution in [3.8, 4) is 0 Å². The molecule has 21 heavy (non-hydrogen) atoms. The summed E-state index contributed by atoms with van der Waals surface area (Å²) >= 11 is 1.11. The summed E-state index contributed by atoms with van der Waals surface area (Å²) in [5.41, 5.74) is 2.34. The highest BCUT2D eigenvalue weighted by Gasteiger charge is 2.18. The van der Waals surface area contributed by atoms with E-state index in [2.05, 4.69) is 0 Å². The molecule has 0 amide bonds. The molecule has 1 N–H and O–H groups in total. The molecule has 2 aromatic rings. The molecule has 0 atom stereocenters. The van der Waals surface area contributed by atoms with E-state index in [0.29, 0.717) is 5.56 Å². The van der Waals surface area contributed by atoms with Crippen LogP contribution in [0.5, 0.6) is 0 Å². The van der Waals surface area contributed by atoms with Crippen molar-refractivity contribution in [2.24, 2.45) is 0 Å². The maximum absolute atomic E-state index is 12.3. The number of carbonyl (C=O) groups is 1. The van der Waals surface area contributed by atoms with Gasteiger partial charge in [-0.3, -0.25) is 0 Å². The molecule has 0 saturated heterocycles. The first kappa shape index (κ1) is 15.7. The summed E-state index contributed by atoms with van der Waals surface area (Å²) in [7, 11) is -3.33. The van der Waals surface area contributed by atoms with Crippen LogP contribution in [0, 0.1) is 13.8 Å². The van der Waals surface area contributed by atoms with Gasteiger partial charge in [-0.2, -0.15) is 0 Å². The summed E-state index contributed by atoms with van der Waals surface area (Å²) < 4.78 is 24.5. The molecule has 0 fully saturated rings. The molecule has 1 heterocycles. The number of carboxylic acids is 1. The summed E-state index contributed by atoms with van der Waals surface area (Å²) in [4.78, 5) is 11.8. The molecule has 0 radical (unpaired) electrons. The highest BCUT2D eigenvalue weighted by molar-refractivity contribution is 7.89. The lowest BCUT2D eigenvalue weighted by Crippen LogP contribution is -2.08. The Kier molecular flexibility index (Phi) is 4.49. The van der Waals surface area contributed by atoms with Gasteiger partial charge in [0.2, 0.25) is 0 Å². The number of hydrogen-bond donors (Lipinski definition) is 1. The zero-order chi connectivity index (χ0) is 15.6. The van der Waals surface area contributed by atoms with E-state index in [1.165, 1.54) is 6.07 Å². The molecule has 112 valence electrons. The lowest BCUT2D eigenvalue weighted by Gasteiger charge is -2.05. The average Bonchev–Trinajstić information content (AvgIpc) is 2.69. The summed E-state index contributed by atoms with van der Waals surface area (Å²) in [5, 5.41) is 8.95. The van der Waals surface area contributed by atoms with E-state index >= 15 is 0 Å². The summed E-state index contributed by atoms with van der Waals surface area (Å²) in [6.45, 7) is 3.66. The first-order chi connectivity index (χ1) is 9.77. The predicted octanol–water partition coefficient (Wildman–Crippen LogP) is 3.18. The van der Waals surface area contributed by atoms with Crippen molar-refractivity contribution in [3.05, 3.63) is 56.8 Å². The quantitative estimate of drug-likeness (QED) is 0.917. The monoisotopic (exact) mass is 324 g/mol. The van der Waals surface area contributed by atoms with Gasteiger partial charge in [-0.25, -0.2) is 13.2 Å². The number of aromatic carboxylic acids is 1. The second-order valence-corrected chi connectivity index (χ2v) is 8.34. The molecule has 4 nitrogen and oxygen atoms in total. The van der Waals surface area contributed by atoms with E-state index in [1.807, 2.05) is 25.1 Å². The first-order valence-electron chi connectivity index (χ1n) is 6.35. The fourth-order valence-corrected chi connectivity index (χ4v) is 4.65. The SMILES string of the molecule is Cc1cccc(CS(=O)(=O)Cc2cc(C(=O)O)sc2C)c1. The van der Waals surface area contributed by atoms with Gasteiger partial charge in [-0.05, 0) is 31.0 Å². The third-order valence-corrected chi connectivity index (χ3v) is 5.68. The predicted molar refractivity (Wildman–Crippen MR) is 83.5 cm³/mol. The van der Waals surface area contributed by atoms with Gasteiger partial charge in [0, 0.05) is 4.88 Å². The van der Waals surface area contributed by atoms with Crippen LogP contribution in [0.2, 0.25) is 0 Å². The van der Waals surface area contributed by atoms with Gasteiger partial charge in [0.15, 0.2) is 9.84 Å². The molecule has 0 aliphatic carbocycles. The van der Waals surface area contributed by atoms with Gasteiger partial charge >= 0.3 is 5.97 Å². The van der Waals surface area contributed by atoms with Crippen molar-refractivity contribution in [1.82, 2.24) is 0 Å². The molecule has 0 unspecified atom stereocenters. The van der Waals surface area contributed by atoms with Crippen molar-refractivity contribution in [2.75, 3.05) is 0 Å². The van der Waals surface area contributed by atoms with Crippen LogP contribution in [0.3, 0.4) is 0 Å². The normalized spacial score (nSPS) is 11.5. The zero-order valence-corrected chi connectivity index (χ0v) is 13.4. The van der Waals surface area contributed by atoms with E-state index in [0.717, 1.165) is 27.3 Å². The number of thiophene rings is 1. The smallest absolute Gasteiger partial charge is 0.345 e. The zero-order valence-electron chi connectivity index (χ0n) is 11.8. The molecular weight excluding hydrogens is 308 g/mol. The van der Waals surface area contributed by atoms with E-state index in [4.69, 9.17) is 5.11 Å². The molecule has 0 saturated carbocycles. The second-order valence-electron chi connectivity index (χ2n) is 5.02. The van der Waals surface area contributed by atoms with Crippen LogP contribution in [0.15, 0.2) is 30.3 Å².